The van der Waals surface area contributed by atoms with Crippen LogP contribution in [0.1, 0.15) is 0 Å². The van der Waals surface area contributed by atoms with Gasteiger partial charge in [-0.2, -0.15) is 0 Å². The van der Waals surface area contributed by atoms with Gasteiger partial charge in [-0.25, -0.2) is 0 Å². The second-order valence-corrected chi connectivity index (χ2v) is 2.83. The maximum absolute atomic E-state index is 9.58. The largest absolute Gasteiger partial charge is 0.385 e. The van der Waals surface area contributed by atoms with Crippen LogP contribution < -0.4 is 0 Å². The van der Waals surface area contributed by atoms with E-state index in [0.29, 0.717) is 26.4 Å². The summed E-state index contributed by atoms with van der Waals surface area (Å²) in [7, 11) is 0. The van der Waals surface area contributed by atoms with Gasteiger partial charge in [-0.1, -0.05) is 0 Å². The maximum Gasteiger partial charge on any atom is 0.118 e. The molecule has 0 aromatic rings. The summed E-state index contributed by atoms with van der Waals surface area (Å²) in [5, 5.41) is 9.58. The molecule has 3 nitrogen and oxygen atoms in total. The summed E-state index contributed by atoms with van der Waals surface area (Å²) in [6.07, 6.45) is 0. The molecule has 9 heavy (non-hydrogen) atoms. The van der Waals surface area contributed by atoms with Crippen LogP contribution in [0.5, 0.6) is 0 Å². The fourth-order valence-electron chi connectivity index (χ4n) is 1.39. The number of hydrogen-bond acceptors (Lipinski definition) is 3. The average Bonchev–Trinajstić information content (AvgIpc) is 2.22. The van der Waals surface area contributed by atoms with Crippen molar-refractivity contribution in [2.24, 2.45) is 5.92 Å². The van der Waals surface area contributed by atoms with Gasteiger partial charge in [0.1, 0.15) is 5.60 Å². The minimum atomic E-state index is -0.639. The quantitative estimate of drug-likeness (QED) is 0.475. The normalized spacial score (nSPS) is 49.7. The molecule has 0 unspecified atom stereocenters. The average molecular weight is 130 g/mol. The summed E-state index contributed by atoms with van der Waals surface area (Å²) in [5.41, 5.74) is -0.639. The van der Waals surface area contributed by atoms with Crippen molar-refractivity contribution in [1.29, 1.82) is 0 Å². The van der Waals surface area contributed by atoms with E-state index in [0.717, 1.165) is 0 Å². The Bertz CT molecular complexity index is 113. The number of aliphatic hydroxyl groups is 1. The Labute approximate surface area is 53.6 Å². The van der Waals surface area contributed by atoms with Gasteiger partial charge >= 0.3 is 0 Å². The standard InChI is InChI=1S/C6H10O3/c7-6-3-8-1-5(6)2-9-4-6/h5,7H,1-4H2. The summed E-state index contributed by atoms with van der Waals surface area (Å²) in [4.78, 5) is 0. The SMILES string of the molecule is OC12COCC1COC2. The lowest BCUT2D eigenvalue weighted by Gasteiger charge is -2.15. The highest BCUT2D eigenvalue weighted by atomic mass is 16.5. The second kappa shape index (κ2) is 1.68. The molecule has 0 spiro atoms. The predicted molar refractivity (Wildman–Crippen MR) is 30.1 cm³/mol. The molecule has 2 aliphatic heterocycles. The van der Waals surface area contributed by atoms with Crippen molar-refractivity contribution < 1.29 is 14.6 Å². The Morgan fingerprint density at radius 1 is 1.22 bits per heavy atom. The van der Waals surface area contributed by atoms with E-state index in [-0.39, 0.29) is 5.92 Å². The molecule has 2 fully saturated rings. The molecule has 2 aliphatic rings. The van der Waals surface area contributed by atoms with Gasteiger partial charge in [0.25, 0.3) is 0 Å². The third-order valence-corrected chi connectivity index (χ3v) is 2.10. The molecule has 0 atom stereocenters. The second-order valence-electron chi connectivity index (χ2n) is 2.83. The maximum atomic E-state index is 9.58. The Hall–Kier alpha value is -0.120. The van der Waals surface area contributed by atoms with E-state index in [1.165, 1.54) is 0 Å². The predicted octanol–water partition coefficient (Wildman–Crippen LogP) is -0.606. The molecule has 52 valence electrons. The van der Waals surface area contributed by atoms with Gasteiger partial charge in [0.2, 0.25) is 0 Å². The van der Waals surface area contributed by atoms with E-state index in [9.17, 15) is 5.11 Å². The molecule has 0 radical (unpaired) electrons. The van der Waals surface area contributed by atoms with Crippen molar-refractivity contribution in [3.05, 3.63) is 0 Å². The summed E-state index contributed by atoms with van der Waals surface area (Å²) >= 11 is 0. The first-order valence-electron chi connectivity index (χ1n) is 3.19. The molecule has 0 aromatic heterocycles. The van der Waals surface area contributed by atoms with Crippen molar-refractivity contribution in [3.63, 3.8) is 0 Å². The molecular formula is C6H10O3. The van der Waals surface area contributed by atoms with Crippen LogP contribution >= 0.6 is 0 Å². The van der Waals surface area contributed by atoms with E-state index in [1.54, 1.807) is 0 Å². The van der Waals surface area contributed by atoms with Crippen molar-refractivity contribution in [3.8, 4) is 0 Å². The van der Waals surface area contributed by atoms with Gasteiger partial charge in [0, 0.05) is 5.92 Å². The molecule has 0 aromatic carbocycles. The number of ether oxygens (including phenoxy) is 2. The first kappa shape index (κ1) is 5.65. The van der Waals surface area contributed by atoms with E-state index < -0.39 is 5.60 Å². The van der Waals surface area contributed by atoms with Crippen LogP contribution in [0.3, 0.4) is 0 Å². The Kier molecular flexibility index (Phi) is 1.06. The lowest BCUT2D eigenvalue weighted by molar-refractivity contribution is -0.00307. The lowest BCUT2D eigenvalue weighted by Crippen LogP contribution is -2.35. The molecule has 1 N–H and O–H groups in total. The Morgan fingerprint density at radius 2 is 1.78 bits per heavy atom. The fraction of sp³-hybridized carbons (Fsp3) is 1.00. The summed E-state index contributed by atoms with van der Waals surface area (Å²) < 4.78 is 10.2. The molecule has 2 rings (SSSR count). The third kappa shape index (κ3) is 0.689. The van der Waals surface area contributed by atoms with E-state index >= 15 is 0 Å². The Balaban J connectivity index is 2.17. The molecule has 0 amide bonds. The first-order chi connectivity index (χ1) is 4.31. The molecule has 0 saturated carbocycles. The molecular weight excluding hydrogens is 120 g/mol. The minimum absolute atomic E-state index is 0.234. The zero-order chi connectivity index (χ0) is 6.32. The van der Waals surface area contributed by atoms with Gasteiger partial charge in [0.15, 0.2) is 0 Å². The monoisotopic (exact) mass is 130 g/mol. The van der Waals surface area contributed by atoms with Crippen LogP contribution in [0.4, 0.5) is 0 Å². The highest BCUT2D eigenvalue weighted by Crippen LogP contribution is 2.30. The van der Waals surface area contributed by atoms with Crippen LogP contribution in [-0.4, -0.2) is 37.1 Å². The highest BCUT2D eigenvalue weighted by molar-refractivity contribution is 4.94. The van der Waals surface area contributed by atoms with Crippen molar-refractivity contribution >= 4 is 0 Å². The molecule has 2 heterocycles. The van der Waals surface area contributed by atoms with Crippen molar-refractivity contribution in [1.82, 2.24) is 0 Å². The zero-order valence-corrected chi connectivity index (χ0v) is 5.17. The van der Waals surface area contributed by atoms with E-state index in [4.69, 9.17) is 9.47 Å². The smallest absolute Gasteiger partial charge is 0.118 e. The summed E-state index contributed by atoms with van der Waals surface area (Å²) in [6.45, 7) is 2.24. The van der Waals surface area contributed by atoms with Crippen LogP contribution in [0, 0.1) is 5.92 Å². The number of hydrogen-bond donors (Lipinski definition) is 1. The Morgan fingerprint density at radius 3 is 2.22 bits per heavy atom. The van der Waals surface area contributed by atoms with Crippen LogP contribution in [0.15, 0.2) is 0 Å². The van der Waals surface area contributed by atoms with Crippen LogP contribution in [0.2, 0.25) is 0 Å². The highest BCUT2D eigenvalue weighted by Gasteiger charge is 2.46. The van der Waals surface area contributed by atoms with Gasteiger partial charge in [-0.3, -0.25) is 0 Å². The van der Waals surface area contributed by atoms with E-state index in [2.05, 4.69) is 0 Å². The van der Waals surface area contributed by atoms with Crippen molar-refractivity contribution in [2.75, 3.05) is 26.4 Å². The number of fused-ring (bicyclic) bond motifs is 1. The first-order valence-corrected chi connectivity index (χ1v) is 3.19. The van der Waals surface area contributed by atoms with Gasteiger partial charge < -0.3 is 14.6 Å². The van der Waals surface area contributed by atoms with E-state index in [1.807, 2.05) is 0 Å². The fourth-order valence-corrected chi connectivity index (χ4v) is 1.39. The summed E-state index contributed by atoms with van der Waals surface area (Å²) in [6, 6.07) is 0. The molecule has 3 heteroatoms. The summed E-state index contributed by atoms with van der Waals surface area (Å²) in [5.74, 6) is 0.234. The number of rotatable bonds is 0. The van der Waals surface area contributed by atoms with Gasteiger partial charge in [-0.15, -0.1) is 0 Å². The minimum Gasteiger partial charge on any atom is -0.385 e. The zero-order valence-electron chi connectivity index (χ0n) is 5.17. The topological polar surface area (TPSA) is 38.7 Å². The van der Waals surface area contributed by atoms with Gasteiger partial charge in [0.05, 0.1) is 26.4 Å². The lowest BCUT2D eigenvalue weighted by atomic mass is 9.95. The molecule has 2 saturated heterocycles. The van der Waals surface area contributed by atoms with Crippen LogP contribution in [-0.2, 0) is 9.47 Å². The van der Waals surface area contributed by atoms with Gasteiger partial charge in [-0.05, 0) is 0 Å². The molecule has 0 bridgehead atoms. The van der Waals surface area contributed by atoms with Crippen molar-refractivity contribution in [2.45, 2.75) is 5.60 Å². The van der Waals surface area contributed by atoms with Crippen LogP contribution in [0.25, 0.3) is 0 Å². The molecule has 0 aliphatic carbocycles. The third-order valence-electron chi connectivity index (χ3n) is 2.10.